The molecule has 120 valence electrons. The van der Waals surface area contributed by atoms with Crippen LogP contribution < -0.4 is 5.32 Å². The Morgan fingerprint density at radius 1 is 1.24 bits per heavy atom. The molecule has 0 saturated carbocycles. The second-order valence-corrected chi connectivity index (χ2v) is 7.42. The number of hydrogen-bond acceptors (Lipinski definition) is 4. The van der Waals surface area contributed by atoms with Crippen molar-refractivity contribution in [1.82, 2.24) is 4.31 Å². The van der Waals surface area contributed by atoms with E-state index in [9.17, 15) is 8.42 Å². The lowest BCUT2D eigenvalue weighted by molar-refractivity contribution is 0.0737. The van der Waals surface area contributed by atoms with Gasteiger partial charge in [-0.1, -0.05) is 0 Å². The van der Waals surface area contributed by atoms with Crippen LogP contribution >= 0.6 is 0 Å². The first-order valence-corrected chi connectivity index (χ1v) is 8.51. The first kappa shape index (κ1) is 17.9. The second kappa shape index (κ2) is 7.24. The van der Waals surface area contributed by atoms with Crippen LogP contribution in [0.4, 0.5) is 5.69 Å². The molecule has 1 aromatic carbocycles. The van der Waals surface area contributed by atoms with Crippen LogP contribution in [-0.4, -0.2) is 46.1 Å². The molecule has 0 atom stereocenters. The summed E-state index contributed by atoms with van der Waals surface area (Å²) in [6.45, 7) is 8.23. The van der Waals surface area contributed by atoms with Gasteiger partial charge in [0.05, 0.1) is 17.6 Å². The van der Waals surface area contributed by atoms with Gasteiger partial charge in [-0.3, -0.25) is 0 Å². The fourth-order valence-corrected chi connectivity index (χ4v) is 3.75. The fraction of sp³-hybridized carbons (Fsp3) is 0.600. The number of nitrogens with zero attached hydrogens (tertiary/aromatic N) is 1. The van der Waals surface area contributed by atoms with Crippen molar-refractivity contribution in [2.45, 2.75) is 38.7 Å². The number of nitrogens with one attached hydrogen (secondary N) is 1. The van der Waals surface area contributed by atoms with Gasteiger partial charge in [-0.25, -0.2) is 8.42 Å². The van der Waals surface area contributed by atoms with Gasteiger partial charge in [0.25, 0.3) is 0 Å². The minimum atomic E-state index is -3.50. The van der Waals surface area contributed by atoms with Crippen LogP contribution in [0, 0.1) is 13.8 Å². The molecule has 0 fully saturated rings. The first-order valence-electron chi connectivity index (χ1n) is 7.07. The number of hydrogen-bond donors (Lipinski definition) is 1. The first-order chi connectivity index (χ1) is 9.70. The summed E-state index contributed by atoms with van der Waals surface area (Å²) in [5, 5.41) is 3.03. The molecule has 0 aliphatic heterocycles. The molecule has 1 aromatic rings. The third-order valence-electron chi connectivity index (χ3n) is 3.27. The summed E-state index contributed by atoms with van der Waals surface area (Å²) in [5.74, 6) is 0. The average molecular weight is 314 g/mol. The third kappa shape index (κ3) is 4.43. The van der Waals surface area contributed by atoms with E-state index in [2.05, 4.69) is 5.32 Å². The Balaban J connectivity index is 3.02. The molecule has 5 nitrogen and oxygen atoms in total. The molecular weight excluding hydrogens is 288 g/mol. The van der Waals surface area contributed by atoms with E-state index in [1.165, 1.54) is 4.31 Å². The Bertz CT molecular complexity index is 560. The predicted octanol–water partition coefficient (Wildman–Crippen LogP) is 2.39. The van der Waals surface area contributed by atoms with E-state index >= 15 is 0 Å². The molecule has 0 radical (unpaired) electrons. The molecule has 0 heterocycles. The van der Waals surface area contributed by atoms with Crippen molar-refractivity contribution in [3.63, 3.8) is 0 Å². The monoisotopic (exact) mass is 314 g/mol. The normalized spacial score (nSPS) is 12.2. The summed E-state index contributed by atoms with van der Waals surface area (Å²) in [6.07, 6.45) is 0.0967. The van der Waals surface area contributed by atoms with E-state index in [0.29, 0.717) is 18.0 Å². The number of rotatable bonds is 7. The van der Waals surface area contributed by atoms with Crippen molar-refractivity contribution in [3.8, 4) is 0 Å². The number of aryl methyl sites for hydroxylation is 2. The largest absolute Gasteiger partial charge is 0.388 e. The highest BCUT2D eigenvalue weighted by Crippen LogP contribution is 2.26. The van der Waals surface area contributed by atoms with Gasteiger partial charge in [-0.05, 0) is 51.0 Å². The van der Waals surface area contributed by atoms with Gasteiger partial charge in [0.15, 0.2) is 0 Å². The highest BCUT2D eigenvalue weighted by Gasteiger charge is 2.25. The van der Waals surface area contributed by atoms with E-state index in [0.717, 1.165) is 16.8 Å². The zero-order chi connectivity index (χ0) is 16.2. The molecule has 0 amide bonds. The predicted molar refractivity (Wildman–Crippen MR) is 86.4 cm³/mol. The van der Waals surface area contributed by atoms with E-state index in [1.807, 2.05) is 46.9 Å². The van der Waals surface area contributed by atoms with Crippen LogP contribution in [0.2, 0.25) is 0 Å². The number of anilines is 1. The Morgan fingerprint density at radius 3 is 2.19 bits per heavy atom. The van der Waals surface area contributed by atoms with E-state index in [-0.39, 0.29) is 6.10 Å². The van der Waals surface area contributed by atoms with Gasteiger partial charge < -0.3 is 10.1 Å². The lowest BCUT2D eigenvalue weighted by atomic mass is 10.1. The van der Waals surface area contributed by atoms with Gasteiger partial charge in [-0.15, -0.1) is 0 Å². The maximum absolute atomic E-state index is 12.7. The third-order valence-corrected chi connectivity index (χ3v) is 5.44. The van der Waals surface area contributed by atoms with Crippen molar-refractivity contribution >= 4 is 15.7 Å². The summed E-state index contributed by atoms with van der Waals surface area (Å²) < 4.78 is 32.2. The minimum Gasteiger partial charge on any atom is -0.388 e. The summed E-state index contributed by atoms with van der Waals surface area (Å²) in [5.41, 5.74) is 2.40. The van der Waals surface area contributed by atoms with Crippen molar-refractivity contribution in [3.05, 3.63) is 23.3 Å². The summed E-state index contributed by atoms with van der Waals surface area (Å²) in [6, 6.07) is 3.69. The van der Waals surface area contributed by atoms with Gasteiger partial charge in [0.1, 0.15) is 0 Å². The average Bonchev–Trinajstić information content (AvgIpc) is 2.36. The van der Waals surface area contributed by atoms with Crippen molar-refractivity contribution < 1.29 is 13.2 Å². The van der Waals surface area contributed by atoms with Crippen LogP contribution in [0.25, 0.3) is 0 Å². The Morgan fingerprint density at radius 2 is 1.76 bits per heavy atom. The Labute approximate surface area is 128 Å². The molecule has 0 aromatic heterocycles. The molecule has 0 unspecified atom stereocenters. The summed E-state index contributed by atoms with van der Waals surface area (Å²) in [7, 11) is -0.0933. The van der Waals surface area contributed by atoms with Crippen LogP contribution in [-0.2, 0) is 14.8 Å². The van der Waals surface area contributed by atoms with Gasteiger partial charge in [0.2, 0.25) is 10.0 Å². The van der Waals surface area contributed by atoms with Gasteiger partial charge >= 0.3 is 0 Å². The molecule has 0 saturated heterocycles. The summed E-state index contributed by atoms with van der Waals surface area (Å²) in [4.78, 5) is 0.383. The maximum atomic E-state index is 12.7. The van der Waals surface area contributed by atoms with Crippen molar-refractivity contribution in [1.29, 1.82) is 0 Å². The SMILES string of the molecule is CNc1cc(C)c(S(=O)(=O)N(C)CCOC(C)C)c(C)c1. The summed E-state index contributed by atoms with van der Waals surface area (Å²) >= 11 is 0. The van der Waals surface area contributed by atoms with E-state index in [1.54, 1.807) is 7.05 Å². The lowest BCUT2D eigenvalue weighted by Gasteiger charge is -2.21. The van der Waals surface area contributed by atoms with E-state index in [4.69, 9.17) is 4.74 Å². The zero-order valence-electron chi connectivity index (χ0n) is 13.7. The quantitative estimate of drug-likeness (QED) is 0.839. The number of benzene rings is 1. The number of likely N-dealkylation sites (N-methyl/N-ethyl adjacent to an activating group) is 1. The Hall–Kier alpha value is -1.11. The van der Waals surface area contributed by atoms with Crippen LogP contribution in [0.15, 0.2) is 17.0 Å². The van der Waals surface area contributed by atoms with Crippen LogP contribution in [0.5, 0.6) is 0 Å². The number of ether oxygens (including phenoxy) is 1. The molecule has 1 N–H and O–H groups in total. The molecule has 0 bridgehead atoms. The second-order valence-electron chi connectivity index (χ2n) is 5.44. The van der Waals surface area contributed by atoms with Crippen molar-refractivity contribution in [2.24, 2.45) is 0 Å². The fourth-order valence-electron chi connectivity index (χ4n) is 2.19. The van der Waals surface area contributed by atoms with E-state index < -0.39 is 10.0 Å². The highest BCUT2D eigenvalue weighted by molar-refractivity contribution is 7.89. The maximum Gasteiger partial charge on any atom is 0.243 e. The molecular formula is C15H26N2O3S. The smallest absolute Gasteiger partial charge is 0.243 e. The Kier molecular flexibility index (Phi) is 6.19. The minimum absolute atomic E-state index is 0.0967. The molecule has 0 aliphatic rings. The van der Waals surface area contributed by atoms with Crippen molar-refractivity contribution in [2.75, 3.05) is 32.6 Å². The number of sulfonamides is 1. The standard InChI is InChI=1S/C15H26N2O3S/c1-11(2)20-8-7-17(6)21(18,19)15-12(3)9-14(16-5)10-13(15)4/h9-11,16H,7-8H2,1-6H3. The topological polar surface area (TPSA) is 58.6 Å². The van der Waals surface area contributed by atoms with Gasteiger partial charge in [-0.2, -0.15) is 4.31 Å². The molecule has 6 heteroatoms. The lowest BCUT2D eigenvalue weighted by Crippen LogP contribution is -2.31. The highest BCUT2D eigenvalue weighted by atomic mass is 32.2. The zero-order valence-corrected chi connectivity index (χ0v) is 14.5. The van der Waals surface area contributed by atoms with Gasteiger partial charge in [0, 0.05) is 26.3 Å². The molecule has 1 rings (SSSR count). The van der Waals surface area contributed by atoms with Crippen LogP contribution in [0.3, 0.4) is 0 Å². The molecule has 0 spiro atoms. The molecule has 21 heavy (non-hydrogen) atoms. The van der Waals surface area contributed by atoms with Crippen LogP contribution in [0.1, 0.15) is 25.0 Å². The molecule has 0 aliphatic carbocycles.